The molecule has 7 nitrogen and oxygen atoms in total. The van der Waals surface area contributed by atoms with Crippen molar-refractivity contribution in [3.8, 4) is 0 Å². The lowest BCUT2D eigenvalue weighted by Gasteiger charge is -2.35. The standard InChI is InChI=1S/C22H24N6O/c1-16-8-9-23-19(14-16)26-20-15-21(25-17(2)24-20)27-10-12-28(13-11-27)22(29)18-6-4-3-5-7-18/h3-9,14-15H,10-13H2,1-2H3,(H,23,24,25,26). The van der Waals surface area contributed by atoms with E-state index in [4.69, 9.17) is 0 Å². The minimum absolute atomic E-state index is 0.0806. The molecular formula is C22H24N6O. The molecule has 0 unspecified atom stereocenters. The monoisotopic (exact) mass is 388 g/mol. The van der Waals surface area contributed by atoms with E-state index in [0.29, 0.717) is 24.7 Å². The molecule has 3 heterocycles. The number of aryl methyl sites for hydroxylation is 2. The van der Waals surface area contributed by atoms with Gasteiger partial charge in [0.15, 0.2) is 0 Å². The zero-order valence-corrected chi connectivity index (χ0v) is 16.7. The molecule has 0 radical (unpaired) electrons. The van der Waals surface area contributed by atoms with Gasteiger partial charge in [0.1, 0.15) is 23.3 Å². The number of pyridine rings is 1. The lowest BCUT2D eigenvalue weighted by molar-refractivity contribution is 0.0746. The van der Waals surface area contributed by atoms with E-state index in [1.165, 1.54) is 0 Å². The van der Waals surface area contributed by atoms with Gasteiger partial charge in [-0.3, -0.25) is 4.79 Å². The van der Waals surface area contributed by atoms with E-state index in [1.54, 1.807) is 6.20 Å². The summed E-state index contributed by atoms with van der Waals surface area (Å²) in [6.07, 6.45) is 1.77. The first kappa shape index (κ1) is 18.9. The molecule has 0 spiro atoms. The highest BCUT2D eigenvalue weighted by Crippen LogP contribution is 2.21. The Hall–Kier alpha value is -3.48. The Morgan fingerprint density at radius 3 is 2.41 bits per heavy atom. The third-order valence-corrected chi connectivity index (χ3v) is 4.91. The van der Waals surface area contributed by atoms with Gasteiger partial charge in [-0.15, -0.1) is 0 Å². The number of hydrogen-bond donors (Lipinski definition) is 1. The highest BCUT2D eigenvalue weighted by atomic mass is 16.2. The number of hydrogen-bond acceptors (Lipinski definition) is 6. The number of aromatic nitrogens is 3. The quantitative estimate of drug-likeness (QED) is 0.740. The van der Waals surface area contributed by atoms with Crippen molar-refractivity contribution in [2.75, 3.05) is 36.4 Å². The van der Waals surface area contributed by atoms with Gasteiger partial charge in [-0.2, -0.15) is 0 Å². The molecule has 0 aliphatic carbocycles. The van der Waals surface area contributed by atoms with Crippen molar-refractivity contribution in [3.63, 3.8) is 0 Å². The molecule has 1 aliphatic rings. The largest absolute Gasteiger partial charge is 0.353 e. The first-order valence-electron chi connectivity index (χ1n) is 9.73. The molecule has 0 bridgehead atoms. The van der Waals surface area contributed by atoms with Gasteiger partial charge in [-0.1, -0.05) is 18.2 Å². The van der Waals surface area contributed by atoms with E-state index >= 15 is 0 Å². The van der Waals surface area contributed by atoms with Crippen molar-refractivity contribution in [2.24, 2.45) is 0 Å². The fourth-order valence-corrected chi connectivity index (χ4v) is 3.42. The van der Waals surface area contributed by atoms with E-state index < -0.39 is 0 Å². The molecule has 3 aromatic rings. The van der Waals surface area contributed by atoms with Crippen molar-refractivity contribution < 1.29 is 4.79 Å². The molecule has 7 heteroatoms. The molecule has 29 heavy (non-hydrogen) atoms. The molecule has 0 atom stereocenters. The van der Waals surface area contributed by atoms with Crippen molar-refractivity contribution in [1.29, 1.82) is 0 Å². The fraction of sp³-hybridized carbons (Fsp3) is 0.273. The molecule has 1 amide bonds. The van der Waals surface area contributed by atoms with E-state index in [0.717, 1.165) is 35.9 Å². The summed E-state index contributed by atoms with van der Waals surface area (Å²) in [4.78, 5) is 30.2. The van der Waals surface area contributed by atoms with Crippen LogP contribution in [-0.4, -0.2) is 51.9 Å². The van der Waals surface area contributed by atoms with E-state index in [-0.39, 0.29) is 5.91 Å². The van der Waals surface area contributed by atoms with Crippen LogP contribution in [0.3, 0.4) is 0 Å². The number of anilines is 3. The number of rotatable bonds is 4. The van der Waals surface area contributed by atoms with Crippen LogP contribution in [0, 0.1) is 13.8 Å². The summed E-state index contributed by atoms with van der Waals surface area (Å²) in [5.74, 6) is 3.11. The topological polar surface area (TPSA) is 74.2 Å². The predicted molar refractivity (Wildman–Crippen MR) is 114 cm³/mol. The summed E-state index contributed by atoms with van der Waals surface area (Å²) in [6.45, 7) is 6.71. The van der Waals surface area contributed by atoms with Crippen LogP contribution >= 0.6 is 0 Å². The maximum atomic E-state index is 12.6. The lowest BCUT2D eigenvalue weighted by Crippen LogP contribution is -2.49. The maximum Gasteiger partial charge on any atom is 0.253 e. The first-order valence-corrected chi connectivity index (χ1v) is 9.73. The van der Waals surface area contributed by atoms with Gasteiger partial charge in [0.2, 0.25) is 0 Å². The SMILES string of the molecule is Cc1ccnc(Nc2cc(N3CCN(C(=O)c4ccccc4)CC3)nc(C)n2)c1. The summed E-state index contributed by atoms with van der Waals surface area (Å²) in [5, 5.41) is 3.26. The Bertz CT molecular complexity index is 999. The van der Waals surface area contributed by atoms with Crippen molar-refractivity contribution >= 4 is 23.4 Å². The normalized spacial score (nSPS) is 14.0. The molecule has 2 aromatic heterocycles. The Kier molecular flexibility index (Phi) is 5.37. The molecule has 0 saturated carbocycles. The van der Waals surface area contributed by atoms with Gasteiger partial charge in [-0.25, -0.2) is 15.0 Å². The second kappa shape index (κ2) is 8.26. The summed E-state index contributed by atoms with van der Waals surface area (Å²) in [5.41, 5.74) is 1.86. The van der Waals surface area contributed by atoms with E-state index in [2.05, 4.69) is 25.2 Å². The molecule has 4 rings (SSSR count). The summed E-state index contributed by atoms with van der Waals surface area (Å²) in [7, 11) is 0. The Labute approximate surface area is 170 Å². The number of nitrogens with zero attached hydrogens (tertiary/aromatic N) is 5. The van der Waals surface area contributed by atoms with Gasteiger partial charge in [0.05, 0.1) is 0 Å². The van der Waals surface area contributed by atoms with Gasteiger partial charge in [0.25, 0.3) is 5.91 Å². The molecule has 1 aromatic carbocycles. The highest BCUT2D eigenvalue weighted by Gasteiger charge is 2.23. The number of benzene rings is 1. The zero-order chi connectivity index (χ0) is 20.2. The van der Waals surface area contributed by atoms with Gasteiger partial charge in [0, 0.05) is 44.0 Å². The average molecular weight is 388 g/mol. The zero-order valence-electron chi connectivity index (χ0n) is 16.7. The Morgan fingerprint density at radius 1 is 0.931 bits per heavy atom. The van der Waals surface area contributed by atoms with Gasteiger partial charge in [-0.05, 0) is 43.7 Å². The van der Waals surface area contributed by atoms with Crippen LogP contribution in [0.15, 0.2) is 54.7 Å². The second-order valence-corrected chi connectivity index (χ2v) is 7.15. The van der Waals surface area contributed by atoms with Crippen LogP contribution in [0.2, 0.25) is 0 Å². The third-order valence-electron chi connectivity index (χ3n) is 4.91. The van der Waals surface area contributed by atoms with E-state index in [9.17, 15) is 4.79 Å². The highest BCUT2D eigenvalue weighted by molar-refractivity contribution is 5.94. The van der Waals surface area contributed by atoms with Crippen LogP contribution in [0.1, 0.15) is 21.7 Å². The number of nitrogens with one attached hydrogen (secondary N) is 1. The summed E-state index contributed by atoms with van der Waals surface area (Å²) >= 11 is 0. The second-order valence-electron chi connectivity index (χ2n) is 7.15. The molecule has 1 aliphatic heterocycles. The Balaban J connectivity index is 1.44. The minimum Gasteiger partial charge on any atom is -0.353 e. The van der Waals surface area contributed by atoms with Crippen LogP contribution in [0.5, 0.6) is 0 Å². The van der Waals surface area contributed by atoms with Crippen molar-refractivity contribution in [3.05, 3.63) is 71.7 Å². The van der Waals surface area contributed by atoms with Crippen molar-refractivity contribution in [2.45, 2.75) is 13.8 Å². The lowest BCUT2D eigenvalue weighted by atomic mass is 10.2. The molecule has 1 fully saturated rings. The molecule has 148 valence electrons. The molecular weight excluding hydrogens is 364 g/mol. The summed E-state index contributed by atoms with van der Waals surface area (Å²) in [6, 6.07) is 15.3. The van der Waals surface area contributed by atoms with Crippen molar-refractivity contribution in [1.82, 2.24) is 19.9 Å². The number of amides is 1. The predicted octanol–water partition coefficient (Wildman–Crippen LogP) is 3.19. The molecule has 1 N–H and O–H groups in total. The maximum absolute atomic E-state index is 12.6. The summed E-state index contributed by atoms with van der Waals surface area (Å²) < 4.78 is 0. The molecule has 1 saturated heterocycles. The number of carbonyl (C=O) groups excluding carboxylic acids is 1. The van der Waals surface area contributed by atoms with Gasteiger partial charge < -0.3 is 15.1 Å². The first-order chi connectivity index (χ1) is 14.1. The van der Waals surface area contributed by atoms with Crippen LogP contribution in [0.25, 0.3) is 0 Å². The number of carbonyl (C=O) groups is 1. The van der Waals surface area contributed by atoms with Crippen LogP contribution in [-0.2, 0) is 0 Å². The van der Waals surface area contributed by atoms with E-state index in [1.807, 2.05) is 67.3 Å². The Morgan fingerprint density at radius 2 is 1.69 bits per heavy atom. The minimum atomic E-state index is 0.0806. The average Bonchev–Trinajstić information content (AvgIpc) is 2.73. The third kappa shape index (κ3) is 4.51. The van der Waals surface area contributed by atoms with Crippen LogP contribution in [0.4, 0.5) is 17.5 Å². The fourth-order valence-electron chi connectivity index (χ4n) is 3.42. The number of piperazine rings is 1. The van der Waals surface area contributed by atoms with Gasteiger partial charge >= 0.3 is 0 Å². The van der Waals surface area contributed by atoms with Crippen LogP contribution < -0.4 is 10.2 Å². The smallest absolute Gasteiger partial charge is 0.253 e.